The molecule has 0 spiro atoms. The first-order chi connectivity index (χ1) is 9.72. The molecule has 0 aliphatic heterocycles. The lowest BCUT2D eigenvalue weighted by atomic mass is 10.1. The number of nitrogens with zero attached hydrogens (tertiary/aromatic N) is 2. The summed E-state index contributed by atoms with van der Waals surface area (Å²) < 4.78 is 0.551. The van der Waals surface area contributed by atoms with Crippen molar-refractivity contribution in [3.8, 4) is 0 Å². The van der Waals surface area contributed by atoms with Crippen molar-refractivity contribution in [3.63, 3.8) is 0 Å². The molecule has 0 N–H and O–H groups in total. The van der Waals surface area contributed by atoms with E-state index in [0.717, 1.165) is 23.9 Å². The number of fused-ring (bicyclic) bond motifs is 1. The van der Waals surface area contributed by atoms with Crippen LogP contribution in [0.25, 0.3) is 11.0 Å². The van der Waals surface area contributed by atoms with Crippen LogP contribution >= 0.6 is 15.9 Å². The number of unbranched alkanes of at least 4 members (excludes halogenated alkanes) is 4. The first-order valence-corrected chi connectivity index (χ1v) is 7.97. The van der Waals surface area contributed by atoms with Gasteiger partial charge < -0.3 is 0 Å². The van der Waals surface area contributed by atoms with Gasteiger partial charge in [0.25, 0.3) is 0 Å². The topological polar surface area (TPSA) is 42.9 Å². The average molecular weight is 335 g/mol. The van der Waals surface area contributed by atoms with Crippen molar-refractivity contribution >= 4 is 32.7 Å². The van der Waals surface area contributed by atoms with E-state index in [0.29, 0.717) is 16.7 Å². The third kappa shape index (κ3) is 3.85. The summed E-state index contributed by atoms with van der Waals surface area (Å²) in [5.41, 5.74) is 2.03. The molecule has 106 valence electrons. The summed E-state index contributed by atoms with van der Waals surface area (Å²) in [7, 11) is 0. The van der Waals surface area contributed by atoms with Crippen molar-refractivity contribution in [1.29, 1.82) is 0 Å². The lowest BCUT2D eigenvalue weighted by molar-refractivity contribution is 0.0973. The molecule has 0 amide bonds. The standard InChI is InChI=1S/C16H19BrN2O/c1-2-3-4-5-6-11-14(20)15-16(17)19-13-10-8-7-9-12(13)18-15/h7-10H,2-6,11H2,1H3. The van der Waals surface area contributed by atoms with Crippen LogP contribution in [0.3, 0.4) is 0 Å². The predicted molar refractivity (Wildman–Crippen MR) is 84.9 cm³/mol. The highest BCUT2D eigenvalue weighted by atomic mass is 79.9. The minimum absolute atomic E-state index is 0.0756. The molecule has 20 heavy (non-hydrogen) atoms. The summed E-state index contributed by atoms with van der Waals surface area (Å²) in [5.74, 6) is 0.0756. The molecule has 2 rings (SSSR count). The van der Waals surface area contributed by atoms with Gasteiger partial charge in [0.05, 0.1) is 11.0 Å². The summed E-state index contributed by atoms with van der Waals surface area (Å²) in [6.45, 7) is 2.19. The molecule has 0 saturated carbocycles. The second-order valence-electron chi connectivity index (χ2n) is 4.94. The summed E-state index contributed by atoms with van der Waals surface area (Å²) in [5, 5.41) is 0. The molecule has 4 heteroatoms. The number of carbonyl (C=O) groups is 1. The smallest absolute Gasteiger partial charge is 0.183 e. The fourth-order valence-corrected chi connectivity index (χ4v) is 2.66. The van der Waals surface area contributed by atoms with Gasteiger partial charge in [0.1, 0.15) is 10.3 Å². The molecule has 0 saturated heterocycles. The minimum Gasteiger partial charge on any atom is -0.292 e. The first-order valence-electron chi connectivity index (χ1n) is 7.18. The Bertz CT molecular complexity index is 598. The van der Waals surface area contributed by atoms with Crippen LogP contribution in [0.4, 0.5) is 0 Å². The van der Waals surface area contributed by atoms with E-state index in [1.165, 1.54) is 19.3 Å². The third-order valence-corrected chi connectivity index (χ3v) is 3.85. The number of ketones is 1. The van der Waals surface area contributed by atoms with E-state index in [4.69, 9.17) is 0 Å². The molecule has 1 heterocycles. The van der Waals surface area contributed by atoms with Crippen molar-refractivity contribution in [3.05, 3.63) is 34.6 Å². The molecule has 0 unspecified atom stereocenters. The Hall–Kier alpha value is -1.29. The van der Waals surface area contributed by atoms with Gasteiger partial charge >= 0.3 is 0 Å². The normalized spacial score (nSPS) is 10.9. The Kier molecular flexibility index (Phi) is 5.65. The largest absolute Gasteiger partial charge is 0.292 e. The number of aromatic nitrogens is 2. The number of hydrogen-bond donors (Lipinski definition) is 0. The van der Waals surface area contributed by atoms with Crippen molar-refractivity contribution in [1.82, 2.24) is 9.97 Å². The SMILES string of the molecule is CCCCCCCC(=O)c1nc2ccccc2nc1Br. The molecule has 0 aliphatic carbocycles. The average Bonchev–Trinajstić information content (AvgIpc) is 2.46. The molecule has 3 nitrogen and oxygen atoms in total. The zero-order valence-corrected chi connectivity index (χ0v) is 13.3. The summed E-state index contributed by atoms with van der Waals surface area (Å²) in [4.78, 5) is 21.0. The van der Waals surface area contributed by atoms with E-state index >= 15 is 0 Å². The van der Waals surface area contributed by atoms with Crippen LogP contribution in [0.1, 0.15) is 55.9 Å². The van der Waals surface area contributed by atoms with E-state index in [1.54, 1.807) is 0 Å². The van der Waals surface area contributed by atoms with E-state index in [9.17, 15) is 4.79 Å². The molecule has 0 radical (unpaired) electrons. The Morgan fingerprint density at radius 3 is 2.40 bits per heavy atom. The van der Waals surface area contributed by atoms with Crippen LogP contribution in [0.5, 0.6) is 0 Å². The van der Waals surface area contributed by atoms with Crippen molar-refractivity contribution in [2.24, 2.45) is 0 Å². The quantitative estimate of drug-likeness (QED) is 0.532. The number of Topliss-reactive ketones (excluding diaryl/α,β-unsaturated/α-hetero) is 1. The van der Waals surface area contributed by atoms with Gasteiger partial charge in [-0.3, -0.25) is 4.79 Å². The summed E-state index contributed by atoms with van der Waals surface area (Å²) in [6, 6.07) is 7.60. The Balaban J connectivity index is 2.04. The van der Waals surface area contributed by atoms with Crippen LogP contribution in [-0.4, -0.2) is 15.8 Å². The predicted octanol–water partition coefficient (Wildman–Crippen LogP) is 4.94. The van der Waals surface area contributed by atoms with Gasteiger partial charge in [0.2, 0.25) is 0 Å². The lowest BCUT2D eigenvalue weighted by Gasteiger charge is -2.05. The Labute approximate surface area is 128 Å². The molecule has 0 bridgehead atoms. The van der Waals surface area contributed by atoms with Gasteiger partial charge in [-0.25, -0.2) is 9.97 Å². The molecular weight excluding hydrogens is 316 g/mol. The number of para-hydroxylation sites is 2. The number of carbonyl (C=O) groups excluding carboxylic acids is 1. The van der Waals surface area contributed by atoms with Crippen LogP contribution in [-0.2, 0) is 0 Å². The van der Waals surface area contributed by atoms with Crippen LogP contribution in [0.15, 0.2) is 28.9 Å². The second-order valence-corrected chi connectivity index (χ2v) is 5.69. The van der Waals surface area contributed by atoms with Crippen molar-refractivity contribution < 1.29 is 4.79 Å². The minimum atomic E-state index is 0.0756. The number of benzene rings is 1. The monoisotopic (exact) mass is 334 g/mol. The maximum absolute atomic E-state index is 12.2. The maximum Gasteiger partial charge on any atom is 0.183 e. The molecular formula is C16H19BrN2O. The van der Waals surface area contributed by atoms with Gasteiger partial charge in [0.15, 0.2) is 5.78 Å². The highest BCUT2D eigenvalue weighted by Crippen LogP contribution is 2.19. The Morgan fingerprint density at radius 2 is 1.70 bits per heavy atom. The highest BCUT2D eigenvalue weighted by Gasteiger charge is 2.14. The Morgan fingerprint density at radius 1 is 1.05 bits per heavy atom. The lowest BCUT2D eigenvalue weighted by Crippen LogP contribution is -2.05. The third-order valence-electron chi connectivity index (χ3n) is 3.30. The second kappa shape index (κ2) is 7.48. The molecule has 0 atom stereocenters. The van der Waals surface area contributed by atoms with E-state index in [2.05, 4.69) is 32.8 Å². The molecule has 0 fully saturated rings. The zero-order chi connectivity index (χ0) is 14.4. The van der Waals surface area contributed by atoms with Crippen LogP contribution < -0.4 is 0 Å². The maximum atomic E-state index is 12.2. The fraction of sp³-hybridized carbons (Fsp3) is 0.438. The van der Waals surface area contributed by atoms with Crippen molar-refractivity contribution in [2.75, 3.05) is 0 Å². The summed E-state index contributed by atoms with van der Waals surface area (Å²) >= 11 is 3.36. The fourth-order valence-electron chi connectivity index (χ4n) is 2.16. The zero-order valence-electron chi connectivity index (χ0n) is 11.7. The van der Waals surface area contributed by atoms with Gasteiger partial charge in [-0.15, -0.1) is 0 Å². The van der Waals surface area contributed by atoms with Gasteiger partial charge in [-0.05, 0) is 34.5 Å². The molecule has 1 aromatic heterocycles. The highest BCUT2D eigenvalue weighted by molar-refractivity contribution is 9.10. The molecule has 1 aromatic carbocycles. The molecule has 0 aliphatic rings. The molecule has 2 aromatic rings. The van der Waals surface area contributed by atoms with Crippen molar-refractivity contribution in [2.45, 2.75) is 45.4 Å². The first kappa shape index (κ1) is 15.1. The van der Waals surface area contributed by atoms with Gasteiger partial charge in [0, 0.05) is 6.42 Å². The van der Waals surface area contributed by atoms with Crippen LogP contribution in [0, 0.1) is 0 Å². The van der Waals surface area contributed by atoms with E-state index in [-0.39, 0.29) is 5.78 Å². The number of halogens is 1. The number of hydrogen-bond acceptors (Lipinski definition) is 3. The number of rotatable bonds is 7. The van der Waals surface area contributed by atoms with Crippen LogP contribution in [0.2, 0.25) is 0 Å². The van der Waals surface area contributed by atoms with E-state index in [1.807, 2.05) is 24.3 Å². The van der Waals surface area contributed by atoms with E-state index < -0.39 is 0 Å². The van der Waals surface area contributed by atoms with Gasteiger partial charge in [-0.2, -0.15) is 0 Å². The van der Waals surface area contributed by atoms with Gasteiger partial charge in [-0.1, -0.05) is 44.7 Å². The summed E-state index contributed by atoms with van der Waals surface area (Å²) in [6.07, 6.45) is 6.25.